The van der Waals surface area contributed by atoms with Crippen LogP contribution in [0.5, 0.6) is 0 Å². The lowest BCUT2D eigenvalue weighted by atomic mass is 10.2. The molecule has 3 heteroatoms. The van der Waals surface area contributed by atoms with Gasteiger partial charge in [-0.1, -0.05) is 45.7 Å². The van der Waals surface area contributed by atoms with E-state index in [9.17, 15) is 0 Å². The van der Waals surface area contributed by atoms with Gasteiger partial charge in [0.05, 0.1) is 0 Å². The van der Waals surface area contributed by atoms with E-state index in [0.29, 0.717) is 0 Å². The third-order valence-corrected chi connectivity index (χ3v) is 3.71. The summed E-state index contributed by atoms with van der Waals surface area (Å²) in [5, 5.41) is 1.99. The number of nitrogens with zero attached hydrogens (tertiary/aromatic N) is 1. The van der Waals surface area contributed by atoms with Crippen LogP contribution in [-0.4, -0.2) is 4.57 Å². The van der Waals surface area contributed by atoms with Crippen LogP contribution in [-0.2, 0) is 6.54 Å². The van der Waals surface area contributed by atoms with Crippen molar-refractivity contribution in [2.75, 3.05) is 0 Å². The number of fused-ring (bicyclic) bond motifs is 1. The second-order valence-electron chi connectivity index (χ2n) is 4.28. The Morgan fingerprint density at radius 2 is 1.94 bits per heavy atom. The van der Waals surface area contributed by atoms with E-state index in [4.69, 9.17) is 11.6 Å². The number of hydrogen-bond donors (Lipinski definition) is 0. The predicted molar refractivity (Wildman–Crippen MR) is 80.2 cm³/mol. The van der Waals surface area contributed by atoms with Gasteiger partial charge >= 0.3 is 0 Å². The molecule has 0 aliphatic heterocycles. The van der Waals surface area contributed by atoms with Crippen molar-refractivity contribution in [3.63, 3.8) is 0 Å². The fourth-order valence-corrected chi connectivity index (χ4v) is 2.74. The van der Waals surface area contributed by atoms with Crippen LogP contribution in [0.15, 0.2) is 59.2 Å². The van der Waals surface area contributed by atoms with Crippen molar-refractivity contribution in [2.24, 2.45) is 0 Å². The Morgan fingerprint density at radius 1 is 1.06 bits per heavy atom. The van der Waals surface area contributed by atoms with Crippen LogP contribution >= 0.6 is 27.5 Å². The van der Waals surface area contributed by atoms with Crippen LogP contribution in [0.3, 0.4) is 0 Å². The Balaban J connectivity index is 2.02. The smallest absolute Gasteiger partial charge is 0.0498 e. The van der Waals surface area contributed by atoms with Gasteiger partial charge < -0.3 is 4.57 Å². The number of hydrogen-bond acceptors (Lipinski definition) is 0. The van der Waals surface area contributed by atoms with Gasteiger partial charge in [-0.2, -0.15) is 0 Å². The first-order valence-electron chi connectivity index (χ1n) is 5.71. The van der Waals surface area contributed by atoms with Crippen molar-refractivity contribution in [1.29, 1.82) is 0 Å². The zero-order valence-corrected chi connectivity index (χ0v) is 11.9. The molecule has 0 amide bonds. The summed E-state index contributed by atoms with van der Waals surface area (Å²) in [7, 11) is 0. The molecule has 0 bridgehead atoms. The van der Waals surface area contributed by atoms with Gasteiger partial charge in [-0.15, -0.1) is 0 Å². The van der Waals surface area contributed by atoms with E-state index >= 15 is 0 Å². The third-order valence-electron chi connectivity index (χ3n) is 2.98. The van der Waals surface area contributed by atoms with Gasteiger partial charge in [0.1, 0.15) is 0 Å². The molecule has 1 heterocycles. The molecule has 90 valence electrons. The largest absolute Gasteiger partial charge is 0.343 e. The maximum Gasteiger partial charge on any atom is 0.0498 e. The summed E-state index contributed by atoms with van der Waals surface area (Å²) in [5.41, 5.74) is 2.43. The van der Waals surface area contributed by atoms with Crippen LogP contribution in [0.1, 0.15) is 5.56 Å². The fourth-order valence-electron chi connectivity index (χ4n) is 2.13. The molecule has 0 aliphatic rings. The van der Waals surface area contributed by atoms with Crippen LogP contribution in [0, 0.1) is 0 Å². The van der Waals surface area contributed by atoms with Crippen molar-refractivity contribution >= 4 is 38.4 Å². The Labute approximate surface area is 119 Å². The van der Waals surface area contributed by atoms with Gasteiger partial charge in [-0.25, -0.2) is 0 Å². The monoisotopic (exact) mass is 319 g/mol. The van der Waals surface area contributed by atoms with Crippen molar-refractivity contribution in [3.05, 3.63) is 69.8 Å². The molecule has 0 radical (unpaired) electrons. The van der Waals surface area contributed by atoms with Gasteiger partial charge in [-0.3, -0.25) is 0 Å². The first kappa shape index (κ1) is 11.8. The molecule has 3 aromatic rings. The van der Waals surface area contributed by atoms with Gasteiger partial charge in [0.2, 0.25) is 0 Å². The molecular weight excluding hydrogens is 310 g/mol. The zero-order valence-electron chi connectivity index (χ0n) is 9.61. The summed E-state index contributed by atoms with van der Waals surface area (Å²) in [6.07, 6.45) is 2.10. The van der Waals surface area contributed by atoms with Gasteiger partial charge in [0.25, 0.3) is 0 Å². The Kier molecular flexibility index (Phi) is 3.14. The molecule has 18 heavy (non-hydrogen) atoms. The first-order chi connectivity index (χ1) is 8.72. The highest BCUT2D eigenvalue weighted by Crippen LogP contribution is 2.22. The lowest BCUT2D eigenvalue weighted by molar-refractivity contribution is 0.836. The van der Waals surface area contributed by atoms with Crippen LogP contribution in [0.4, 0.5) is 0 Å². The van der Waals surface area contributed by atoms with Gasteiger partial charge in [0, 0.05) is 27.8 Å². The number of rotatable bonds is 2. The molecule has 0 N–H and O–H groups in total. The Hall–Kier alpha value is -1.25. The molecule has 1 aromatic heterocycles. The molecule has 0 aliphatic carbocycles. The van der Waals surface area contributed by atoms with E-state index in [2.05, 4.69) is 57.0 Å². The average molecular weight is 321 g/mol. The maximum atomic E-state index is 6.05. The molecule has 0 saturated heterocycles. The highest BCUT2D eigenvalue weighted by molar-refractivity contribution is 9.10. The molecule has 0 fully saturated rings. The highest BCUT2D eigenvalue weighted by atomic mass is 79.9. The summed E-state index contributed by atoms with van der Waals surface area (Å²) in [6.45, 7) is 0.850. The number of halogens is 2. The zero-order chi connectivity index (χ0) is 12.5. The van der Waals surface area contributed by atoms with E-state index < -0.39 is 0 Å². The summed E-state index contributed by atoms with van der Waals surface area (Å²) in [5.74, 6) is 0. The molecule has 0 saturated carbocycles. The highest BCUT2D eigenvalue weighted by Gasteiger charge is 2.03. The van der Waals surface area contributed by atoms with E-state index in [0.717, 1.165) is 16.0 Å². The number of aromatic nitrogens is 1. The summed E-state index contributed by atoms with van der Waals surface area (Å²) >= 11 is 9.55. The summed E-state index contributed by atoms with van der Waals surface area (Å²) in [6, 6.07) is 16.4. The normalized spacial score (nSPS) is 11.0. The lowest BCUT2D eigenvalue weighted by Gasteiger charge is -2.06. The van der Waals surface area contributed by atoms with Crippen molar-refractivity contribution in [1.82, 2.24) is 4.57 Å². The second-order valence-corrected chi connectivity index (χ2v) is 5.63. The maximum absolute atomic E-state index is 6.05. The molecule has 0 atom stereocenters. The SMILES string of the molecule is Clc1ccc2ccn(Cc3cccc(Br)c3)c2c1. The fraction of sp³-hybridized carbons (Fsp3) is 0.0667. The number of benzene rings is 2. The minimum atomic E-state index is 0.775. The predicted octanol–water partition coefficient (Wildman–Crippen LogP) is 5.11. The van der Waals surface area contributed by atoms with E-state index in [1.807, 2.05) is 18.2 Å². The molecule has 2 aromatic carbocycles. The van der Waals surface area contributed by atoms with E-state index in [1.165, 1.54) is 16.5 Å². The minimum absolute atomic E-state index is 0.775. The Bertz CT molecular complexity index is 703. The van der Waals surface area contributed by atoms with Gasteiger partial charge in [-0.05, 0) is 41.3 Å². The standard InChI is InChI=1S/C15H11BrClN/c16-13-3-1-2-11(8-13)10-18-7-6-12-4-5-14(17)9-15(12)18/h1-9H,10H2. The van der Waals surface area contributed by atoms with Gasteiger partial charge in [0.15, 0.2) is 0 Å². The van der Waals surface area contributed by atoms with Crippen molar-refractivity contribution in [2.45, 2.75) is 6.54 Å². The van der Waals surface area contributed by atoms with Crippen LogP contribution in [0.25, 0.3) is 10.9 Å². The molecular formula is C15H11BrClN. The minimum Gasteiger partial charge on any atom is -0.343 e. The van der Waals surface area contributed by atoms with Crippen LogP contribution < -0.4 is 0 Å². The quantitative estimate of drug-likeness (QED) is 0.618. The second kappa shape index (κ2) is 4.79. The van der Waals surface area contributed by atoms with Crippen LogP contribution in [0.2, 0.25) is 5.02 Å². The first-order valence-corrected chi connectivity index (χ1v) is 6.88. The average Bonchev–Trinajstić information content (AvgIpc) is 2.72. The summed E-state index contributed by atoms with van der Waals surface area (Å²) < 4.78 is 3.32. The van der Waals surface area contributed by atoms with Crippen molar-refractivity contribution < 1.29 is 0 Å². The van der Waals surface area contributed by atoms with E-state index in [1.54, 1.807) is 0 Å². The molecule has 0 unspecified atom stereocenters. The molecule has 0 spiro atoms. The Morgan fingerprint density at radius 3 is 2.78 bits per heavy atom. The third kappa shape index (κ3) is 2.31. The van der Waals surface area contributed by atoms with E-state index in [-0.39, 0.29) is 0 Å². The lowest BCUT2D eigenvalue weighted by Crippen LogP contribution is -1.97. The van der Waals surface area contributed by atoms with Crippen molar-refractivity contribution in [3.8, 4) is 0 Å². The summed E-state index contributed by atoms with van der Waals surface area (Å²) in [4.78, 5) is 0. The molecule has 1 nitrogen and oxygen atoms in total. The topological polar surface area (TPSA) is 4.93 Å². The molecule has 3 rings (SSSR count).